The van der Waals surface area contributed by atoms with E-state index in [0.717, 1.165) is 42.5 Å². The highest BCUT2D eigenvalue weighted by Crippen LogP contribution is 2.14. The van der Waals surface area contributed by atoms with Crippen molar-refractivity contribution in [2.24, 2.45) is 4.99 Å². The molecule has 4 nitrogen and oxygen atoms in total. The van der Waals surface area contributed by atoms with Crippen LogP contribution in [0.5, 0.6) is 0 Å². The summed E-state index contributed by atoms with van der Waals surface area (Å²) in [5.41, 5.74) is 1.16. The van der Waals surface area contributed by atoms with Gasteiger partial charge in [0.25, 0.3) is 0 Å². The number of hydrogen-bond donors (Lipinski definition) is 1. The maximum absolute atomic E-state index is 6.04. The van der Waals surface area contributed by atoms with Crippen LogP contribution in [-0.2, 0) is 19.4 Å². The molecule has 0 bridgehead atoms. The second-order valence-corrected chi connectivity index (χ2v) is 6.92. The molecule has 0 spiro atoms. The van der Waals surface area contributed by atoms with E-state index >= 15 is 0 Å². The first-order chi connectivity index (χ1) is 11.1. The van der Waals surface area contributed by atoms with Crippen LogP contribution in [0.1, 0.15) is 22.4 Å². The molecule has 2 rings (SSSR count). The van der Waals surface area contributed by atoms with Crippen molar-refractivity contribution in [3.8, 4) is 0 Å². The number of aromatic nitrogens is 1. The number of aliphatic imine (C=N–C) groups is 1. The second-order valence-electron chi connectivity index (χ2n) is 5.28. The van der Waals surface area contributed by atoms with Gasteiger partial charge in [-0.3, -0.25) is 4.99 Å². The molecule has 0 aliphatic carbocycles. The van der Waals surface area contributed by atoms with E-state index in [0.29, 0.717) is 0 Å². The fourth-order valence-electron chi connectivity index (χ4n) is 2.28. The van der Waals surface area contributed by atoms with Gasteiger partial charge in [-0.15, -0.1) is 11.3 Å². The molecule has 1 N–H and O–H groups in total. The zero-order valence-corrected chi connectivity index (χ0v) is 15.4. The largest absolute Gasteiger partial charge is 0.356 e. The highest BCUT2D eigenvalue weighted by atomic mass is 35.5. The van der Waals surface area contributed by atoms with Crippen molar-refractivity contribution in [3.63, 3.8) is 0 Å². The molecule has 23 heavy (non-hydrogen) atoms. The summed E-state index contributed by atoms with van der Waals surface area (Å²) in [5.74, 6) is 0.872. The maximum Gasteiger partial charge on any atom is 0.193 e. The number of thiazole rings is 1. The number of rotatable bonds is 6. The van der Waals surface area contributed by atoms with Crippen LogP contribution in [0.3, 0.4) is 0 Å². The Labute approximate surface area is 147 Å². The molecule has 2 aromatic rings. The molecule has 1 aromatic heterocycles. The van der Waals surface area contributed by atoms with Gasteiger partial charge in [-0.25, -0.2) is 4.98 Å². The third-order valence-electron chi connectivity index (χ3n) is 3.45. The summed E-state index contributed by atoms with van der Waals surface area (Å²) in [5, 5.41) is 5.32. The van der Waals surface area contributed by atoms with Crippen molar-refractivity contribution in [1.82, 2.24) is 15.2 Å². The summed E-state index contributed by atoms with van der Waals surface area (Å²) in [6.45, 7) is 3.74. The molecule has 0 amide bonds. The van der Waals surface area contributed by atoms with Crippen molar-refractivity contribution < 1.29 is 0 Å². The second kappa shape index (κ2) is 8.89. The SMILES string of the molecule is CCc1cnc(CCNC(=NC)N(C)Cc2cccc(Cl)c2)s1. The van der Waals surface area contributed by atoms with Crippen LogP contribution in [0, 0.1) is 0 Å². The van der Waals surface area contributed by atoms with Gasteiger partial charge in [0.1, 0.15) is 0 Å². The van der Waals surface area contributed by atoms with E-state index in [4.69, 9.17) is 11.6 Å². The molecule has 0 radical (unpaired) electrons. The Morgan fingerprint density at radius 1 is 1.43 bits per heavy atom. The average Bonchev–Trinajstić information content (AvgIpc) is 2.99. The monoisotopic (exact) mass is 350 g/mol. The van der Waals surface area contributed by atoms with Crippen LogP contribution in [0.4, 0.5) is 0 Å². The molecule has 0 aliphatic rings. The molecular formula is C17H23ClN4S. The van der Waals surface area contributed by atoms with Crippen LogP contribution in [0.15, 0.2) is 35.5 Å². The van der Waals surface area contributed by atoms with E-state index in [1.165, 1.54) is 9.88 Å². The van der Waals surface area contributed by atoms with Crippen molar-refractivity contribution in [2.45, 2.75) is 26.3 Å². The van der Waals surface area contributed by atoms with Gasteiger partial charge in [-0.1, -0.05) is 30.7 Å². The molecule has 1 heterocycles. The summed E-state index contributed by atoms with van der Waals surface area (Å²) in [7, 11) is 3.82. The van der Waals surface area contributed by atoms with E-state index < -0.39 is 0 Å². The minimum Gasteiger partial charge on any atom is -0.356 e. The normalized spacial score (nSPS) is 11.6. The van der Waals surface area contributed by atoms with Crippen molar-refractivity contribution in [3.05, 3.63) is 50.9 Å². The number of benzene rings is 1. The van der Waals surface area contributed by atoms with Crippen LogP contribution in [-0.4, -0.2) is 36.5 Å². The number of nitrogens with one attached hydrogen (secondary N) is 1. The van der Waals surface area contributed by atoms with Gasteiger partial charge < -0.3 is 10.2 Å². The third-order valence-corrected chi connectivity index (χ3v) is 4.89. The number of halogens is 1. The Morgan fingerprint density at radius 2 is 2.26 bits per heavy atom. The zero-order valence-electron chi connectivity index (χ0n) is 13.8. The average molecular weight is 351 g/mol. The van der Waals surface area contributed by atoms with Crippen LogP contribution in [0.25, 0.3) is 0 Å². The lowest BCUT2D eigenvalue weighted by molar-refractivity contribution is 0.477. The first kappa shape index (κ1) is 17.8. The first-order valence-corrected chi connectivity index (χ1v) is 8.91. The molecule has 6 heteroatoms. The highest BCUT2D eigenvalue weighted by molar-refractivity contribution is 7.11. The Morgan fingerprint density at radius 3 is 2.91 bits per heavy atom. The van der Waals surface area contributed by atoms with Gasteiger partial charge in [0.2, 0.25) is 0 Å². The molecule has 0 unspecified atom stereocenters. The molecule has 124 valence electrons. The van der Waals surface area contributed by atoms with Crippen LogP contribution < -0.4 is 5.32 Å². The summed E-state index contributed by atoms with van der Waals surface area (Å²) < 4.78 is 0. The molecule has 1 aromatic carbocycles. The number of hydrogen-bond acceptors (Lipinski definition) is 3. The van der Waals surface area contributed by atoms with Gasteiger partial charge in [-0.05, 0) is 24.1 Å². The fourth-order valence-corrected chi connectivity index (χ4v) is 3.35. The smallest absolute Gasteiger partial charge is 0.193 e. The lowest BCUT2D eigenvalue weighted by Crippen LogP contribution is -2.39. The molecular weight excluding hydrogens is 328 g/mol. The van der Waals surface area contributed by atoms with E-state index in [1.54, 1.807) is 18.4 Å². The Balaban J connectivity index is 1.84. The number of nitrogens with zero attached hydrogens (tertiary/aromatic N) is 3. The van der Waals surface area contributed by atoms with E-state index in [2.05, 4.69) is 33.2 Å². The Hall–Kier alpha value is -1.59. The van der Waals surface area contributed by atoms with Gasteiger partial charge in [0, 0.05) is 49.7 Å². The van der Waals surface area contributed by atoms with Gasteiger partial charge in [0.15, 0.2) is 5.96 Å². The quantitative estimate of drug-likeness (QED) is 0.639. The first-order valence-electron chi connectivity index (χ1n) is 7.72. The van der Waals surface area contributed by atoms with E-state index in [9.17, 15) is 0 Å². The predicted molar refractivity (Wildman–Crippen MR) is 99.5 cm³/mol. The minimum absolute atomic E-state index is 0.759. The topological polar surface area (TPSA) is 40.5 Å². The summed E-state index contributed by atoms with van der Waals surface area (Å²) in [6, 6.07) is 7.90. The van der Waals surface area contributed by atoms with Crippen molar-refractivity contribution >= 4 is 28.9 Å². The zero-order chi connectivity index (χ0) is 16.7. The Kier molecular flexibility index (Phi) is 6.86. The van der Waals surface area contributed by atoms with Crippen LogP contribution in [0.2, 0.25) is 5.02 Å². The fraction of sp³-hybridized carbons (Fsp3) is 0.412. The summed E-state index contributed by atoms with van der Waals surface area (Å²) >= 11 is 7.82. The molecule has 0 atom stereocenters. The van der Waals surface area contributed by atoms with E-state index in [-0.39, 0.29) is 0 Å². The lowest BCUT2D eigenvalue weighted by atomic mass is 10.2. The van der Waals surface area contributed by atoms with Gasteiger partial charge in [-0.2, -0.15) is 0 Å². The van der Waals surface area contributed by atoms with Gasteiger partial charge in [0.05, 0.1) is 5.01 Å². The van der Waals surface area contributed by atoms with E-state index in [1.807, 2.05) is 31.4 Å². The summed E-state index contributed by atoms with van der Waals surface area (Å²) in [6.07, 6.45) is 3.93. The number of aryl methyl sites for hydroxylation is 1. The minimum atomic E-state index is 0.759. The Bertz CT molecular complexity index is 654. The molecule has 0 fully saturated rings. The standard InChI is InChI=1S/C17H23ClN4S/c1-4-15-11-21-16(23-15)8-9-20-17(19-2)22(3)12-13-6-5-7-14(18)10-13/h5-7,10-11H,4,8-9,12H2,1-3H3,(H,19,20). The highest BCUT2D eigenvalue weighted by Gasteiger charge is 2.07. The van der Waals surface area contributed by atoms with Crippen molar-refractivity contribution in [1.29, 1.82) is 0 Å². The molecule has 0 saturated heterocycles. The predicted octanol–water partition coefficient (Wildman–Crippen LogP) is 3.61. The van der Waals surface area contributed by atoms with Crippen molar-refractivity contribution in [2.75, 3.05) is 20.6 Å². The molecule has 0 aliphatic heterocycles. The third kappa shape index (κ3) is 5.52. The lowest BCUT2D eigenvalue weighted by Gasteiger charge is -2.22. The maximum atomic E-state index is 6.04. The van der Waals surface area contributed by atoms with Gasteiger partial charge >= 0.3 is 0 Å². The van der Waals surface area contributed by atoms with Crippen LogP contribution >= 0.6 is 22.9 Å². The molecule has 0 saturated carbocycles. The summed E-state index contributed by atoms with van der Waals surface area (Å²) in [4.78, 5) is 12.2. The number of guanidine groups is 1.